The van der Waals surface area contributed by atoms with Crippen LogP contribution >= 0.6 is 23.4 Å². The van der Waals surface area contributed by atoms with Crippen LogP contribution in [0.5, 0.6) is 0 Å². The van der Waals surface area contributed by atoms with E-state index in [0.717, 1.165) is 11.3 Å². The van der Waals surface area contributed by atoms with Crippen LogP contribution < -0.4 is 5.56 Å². The predicted octanol–water partition coefficient (Wildman–Crippen LogP) is 3.71. The van der Waals surface area contributed by atoms with Crippen molar-refractivity contribution >= 4 is 34.4 Å². The minimum atomic E-state index is -0.259. The third-order valence-corrected chi connectivity index (χ3v) is 5.72. The molecule has 8 nitrogen and oxygen atoms in total. The summed E-state index contributed by atoms with van der Waals surface area (Å²) in [5.74, 6) is 0.687. The fraction of sp³-hybridized carbons (Fsp3) is 0.0500. The number of H-pyrrole nitrogens is 1. The quantitative estimate of drug-likeness (QED) is 0.432. The van der Waals surface area contributed by atoms with Gasteiger partial charge in [-0.2, -0.15) is 5.10 Å². The number of nitrogens with zero attached hydrogens (tertiary/aromatic N) is 6. The van der Waals surface area contributed by atoms with Crippen molar-refractivity contribution in [2.45, 2.75) is 10.3 Å². The molecule has 0 spiro atoms. The second-order valence-electron chi connectivity index (χ2n) is 6.47. The molecule has 10 heteroatoms. The van der Waals surface area contributed by atoms with Crippen LogP contribution in [-0.2, 0) is 7.05 Å². The smallest absolute Gasteiger partial charge is 0.262 e. The molecule has 148 valence electrons. The van der Waals surface area contributed by atoms with E-state index in [-0.39, 0.29) is 5.56 Å². The minimum Gasteiger partial charge on any atom is -0.305 e. The molecule has 30 heavy (non-hydrogen) atoms. The number of hydrogen-bond donors (Lipinski definition) is 1. The van der Waals surface area contributed by atoms with Crippen LogP contribution in [0.25, 0.3) is 28.1 Å². The summed E-state index contributed by atoms with van der Waals surface area (Å²) in [6.45, 7) is 0. The lowest BCUT2D eigenvalue weighted by molar-refractivity contribution is 0.788. The summed E-state index contributed by atoms with van der Waals surface area (Å²) in [5.41, 5.74) is 1.93. The van der Waals surface area contributed by atoms with E-state index in [2.05, 4.69) is 25.3 Å². The van der Waals surface area contributed by atoms with Crippen LogP contribution in [0, 0.1) is 0 Å². The minimum absolute atomic E-state index is 0.259. The molecule has 0 amide bonds. The average Bonchev–Trinajstić information content (AvgIpc) is 3.34. The Balaban J connectivity index is 1.53. The summed E-state index contributed by atoms with van der Waals surface area (Å²) in [5, 5.41) is 14.9. The van der Waals surface area contributed by atoms with Gasteiger partial charge in [0.1, 0.15) is 5.39 Å². The van der Waals surface area contributed by atoms with Gasteiger partial charge in [0.05, 0.1) is 11.9 Å². The van der Waals surface area contributed by atoms with Crippen molar-refractivity contribution in [3.63, 3.8) is 0 Å². The van der Waals surface area contributed by atoms with Gasteiger partial charge < -0.3 is 9.55 Å². The van der Waals surface area contributed by atoms with Crippen LogP contribution in [0.2, 0.25) is 5.02 Å². The van der Waals surface area contributed by atoms with E-state index in [4.69, 9.17) is 11.6 Å². The van der Waals surface area contributed by atoms with E-state index in [1.165, 1.54) is 18.0 Å². The largest absolute Gasteiger partial charge is 0.305 e. The fourth-order valence-electron chi connectivity index (χ4n) is 3.05. The lowest BCUT2D eigenvalue weighted by atomic mass is 10.2. The first-order valence-electron chi connectivity index (χ1n) is 8.97. The Morgan fingerprint density at radius 1 is 1.03 bits per heavy atom. The molecule has 0 unspecified atom stereocenters. The molecule has 0 aliphatic carbocycles. The molecule has 3 heterocycles. The van der Waals surface area contributed by atoms with Crippen molar-refractivity contribution in [3.8, 4) is 17.1 Å². The number of para-hydroxylation sites is 1. The Labute approximate surface area is 179 Å². The van der Waals surface area contributed by atoms with Crippen molar-refractivity contribution in [2.24, 2.45) is 7.05 Å². The molecule has 0 aliphatic rings. The molecule has 5 rings (SSSR count). The third-order valence-electron chi connectivity index (χ3n) is 4.54. The summed E-state index contributed by atoms with van der Waals surface area (Å²) in [4.78, 5) is 20.0. The fourth-order valence-corrected chi connectivity index (χ4v) is 3.93. The highest BCUT2D eigenvalue weighted by Crippen LogP contribution is 2.27. The van der Waals surface area contributed by atoms with Gasteiger partial charge in [-0.05, 0) is 48.2 Å². The van der Waals surface area contributed by atoms with E-state index in [1.54, 1.807) is 16.8 Å². The first-order valence-corrected chi connectivity index (χ1v) is 10.2. The van der Waals surface area contributed by atoms with Crippen LogP contribution in [0.3, 0.4) is 0 Å². The summed E-state index contributed by atoms with van der Waals surface area (Å²) < 4.78 is 3.48. The van der Waals surface area contributed by atoms with Crippen LogP contribution in [0.4, 0.5) is 0 Å². The summed E-state index contributed by atoms with van der Waals surface area (Å²) in [6.07, 6.45) is 1.52. The number of rotatable bonds is 4. The standard InChI is InChI=1S/C20H14ClN7OS/c1-27-16(12-7-9-13(21)10-8-12)25-26-20(27)30-19-23-17-15(18(29)24-19)11-22-28(17)14-5-3-2-4-6-14/h2-11H,1H3,(H,23,24,29). The zero-order chi connectivity index (χ0) is 20.7. The maximum atomic E-state index is 12.6. The van der Waals surface area contributed by atoms with Gasteiger partial charge in [0.25, 0.3) is 5.56 Å². The average molecular weight is 436 g/mol. The Morgan fingerprint density at radius 2 is 1.80 bits per heavy atom. The van der Waals surface area contributed by atoms with Crippen molar-refractivity contribution in [2.75, 3.05) is 0 Å². The highest BCUT2D eigenvalue weighted by Gasteiger charge is 2.16. The Bertz CT molecular complexity index is 1410. The van der Waals surface area contributed by atoms with Gasteiger partial charge in [-0.25, -0.2) is 9.67 Å². The first-order chi connectivity index (χ1) is 14.6. The molecule has 0 saturated heterocycles. The number of aromatic nitrogens is 7. The second kappa shape index (κ2) is 7.43. The van der Waals surface area contributed by atoms with Gasteiger partial charge in [0.2, 0.25) is 0 Å². The number of aromatic amines is 1. The van der Waals surface area contributed by atoms with Crippen LogP contribution in [0.1, 0.15) is 0 Å². The summed E-state index contributed by atoms with van der Waals surface area (Å²) in [7, 11) is 1.86. The van der Waals surface area contributed by atoms with E-state index >= 15 is 0 Å². The molecule has 0 aliphatic heterocycles. The summed E-state index contributed by atoms with van der Waals surface area (Å²) >= 11 is 7.19. The van der Waals surface area contributed by atoms with Crippen molar-refractivity contribution in [1.82, 2.24) is 34.5 Å². The number of benzene rings is 2. The van der Waals surface area contributed by atoms with E-state index in [9.17, 15) is 4.79 Å². The molecule has 5 aromatic rings. The molecule has 0 atom stereocenters. The monoisotopic (exact) mass is 435 g/mol. The lowest BCUT2D eigenvalue weighted by Crippen LogP contribution is -2.10. The molecule has 0 bridgehead atoms. The molecular weight excluding hydrogens is 422 g/mol. The van der Waals surface area contributed by atoms with Crippen LogP contribution in [-0.4, -0.2) is 34.5 Å². The van der Waals surface area contributed by atoms with Gasteiger partial charge in [-0.1, -0.05) is 29.8 Å². The highest BCUT2D eigenvalue weighted by molar-refractivity contribution is 7.99. The molecule has 3 aromatic heterocycles. The Morgan fingerprint density at radius 3 is 2.57 bits per heavy atom. The Hall–Kier alpha value is -3.43. The van der Waals surface area contributed by atoms with Gasteiger partial charge in [0.15, 0.2) is 21.8 Å². The number of nitrogens with one attached hydrogen (secondary N) is 1. The van der Waals surface area contributed by atoms with Gasteiger partial charge in [-0.3, -0.25) is 4.79 Å². The SMILES string of the molecule is Cn1c(Sc2nc3c(cnn3-c3ccccc3)c(=O)[nH]2)nnc1-c1ccc(Cl)cc1. The van der Waals surface area contributed by atoms with E-state index < -0.39 is 0 Å². The van der Waals surface area contributed by atoms with Crippen LogP contribution in [0.15, 0.2) is 75.9 Å². The maximum Gasteiger partial charge on any atom is 0.262 e. The van der Waals surface area contributed by atoms with Crippen molar-refractivity contribution in [3.05, 3.63) is 76.2 Å². The van der Waals surface area contributed by atoms with Crippen molar-refractivity contribution < 1.29 is 0 Å². The second-order valence-corrected chi connectivity index (χ2v) is 7.87. The topological polar surface area (TPSA) is 94.3 Å². The molecule has 1 N–H and O–H groups in total. The highest BCUT2D eigenvalue weighted by atomic mass is 35.5. The molecule has 2 aromatic carbocycles. The normalized spacial score (nSPS) is 11.3. The lowest BCUT2D eigenvalue weighted by Gasteiger charge is -2.05. The summed E-state index contributed by atoms with van der Waals surface area (Å²) in [6, 6.07) is 16.9. The maximum absolute atomic E-state index is 12.6. The zero-order valence-electron chi connectivity index (χ0n) is 15.7. The molecular formula is C20H14ClN7OS. The van der Waals surface area contributed by atoms with Gasteiger partial charge in [0, 0.05) is 17.6 Å². The number of fused-ring (bicyclic) bond motifs is 1. The van der Waals surface area contributed by atoms with Crippen molar-refractivity contribution in [1.29, 1.82) is 0 Å². The molecule has 0 saturated carbocycles. The number of hydrogen-bond acceptors (Lipinski definition) is 6. The number of halogens is 1. The third kappa shape index (κ3) is 3.27. The Kier molecular flexibility index (Phi) is 4.61. The predicted molar refractivity (Wildman–Crippen MR) is 115 cm³/mol. The van der Waals surface area contributed by atoms with Gasteiger partial charge >= 0.3 is 0 Å². The molecule has 0 radical (unpaired) electrons. The zero-order valence-corrected chi connectivity index (χ0v) is 17.2. The molecule has 0 fully saturated rings. The first kappa shape index (κ1) is 18.6. The van der Waals surface area contributed by atoms with E-state index in [0.29, 0.717) is 32.2 Å². The van der Waals surface area contributed by atoms with Gasteiger partial charge in [-0.15, -0.1) is 10.2 Å². The van der Waals surface area contributed by atoms with E-state index in [1.807, 2.05) is 54.1 Å².